The fourth-order valence-electron chi connectivity index (χ4n) is 2.19. The molecule has 1 atom stereocenters. The first kappa shape index (κ1) is 12.9. The van der Waals surface area contributed by atoms with Gasteiger partial charge in [-0.25, -0.2) is 0 Å². The summed E-state index contributed by atoms with van der Waals surface area (Å²) in [6.07, 6.45) is 0.686. The maximum absolute atomic E-state index is 11.9. The van der Waals surface area contributed by atoms with E-state index in [4.69, 9.17) is 4.42 Å². The number of amides is 1. The first-order chi connectivity index (χ1) is 9.72. The summed E-state index contributed by atoms with van der Waals surface area (Å²) < 4.78 is 5.76. The predicted molar refractivity (Wildman–Crippen MR) is 81.2 cm³/mol. The monoisotopic (exact) mass is 285 g/mol. The average molecular weight is 285 g/mol. The van der Waals surface area contributed by atoms with Crippen LogP contribution < -0.4 is 5.32 Å². The van der Waals surface area contributed by atoms with Crippen LogP contribution in [0.4, 0.5) is 0 Å². The Morgan fingerprint density at radius 2 is 2.15 bits per heavy atom. The zero-order valence-corrected chi connectivity index (χ0v) is 11.9. The van der Waals surface area contributed by atoms with E-state index in [9.17, 15) is 4.79 Å². The number of hydrogen-bond acceptors (Lipinski definition) is 3. The van der Waals surface area contributed by atoms with E-state index in [1.54, 1.807) is 0 Å². The van der Waals surface area contributed by atoms with Gasteiger partial charge < -0.3 is 9.73 Å². The minimum atomic E-state index is -0.0244. The molecule has 0 fully saturated rings. The molecule has 1 unspecified atom stereocenters. The van der Waals surface area contributed by atoms with Crippen LogP contribution in [0, 0.1) is 0 Å². The van der Waals surface area contributed by atoms with E-state index in [1.165, 1.54) is 11.3 Å². The molecule has 2 heterocycles. The van der Waals surface area contributed by atoms with Gasteiger partial charge in [0.2, 0.25) is 0 Å². The van der Waals surface area contributed by atoms with Gasteiger partial charge in [0, 0.05) is 17.8 Å². The molecule has 102 valence electrons. The third-order valence-corrected chi connectivity index (χ3v) is 3.98. The lowest BCUT2D eigenvalue weighted by Gasteiger charge is -2.11. The molecule has 0 aliphatic heterocycles. The predicted octanol–water partition coefficient (Wildman–Crippen LogP) is 3.86. The number of rotatable bonds is 4. The van der Waals surface area contributed by atoms with Gasteiger partial charge in [0.05, 0.1) is 4.88 Å². The molecule has 2 aromatic heterocycles. The maximum atomic E-state index is 11.9. The molecule has 0 aliphatic rings. The average Bonchev–Trinajstić information content (AvgIpc) is 3.07. The van der Waals surface area contributed by atoms with Gasteiger partial charge in [0.25, 0.3) is 5.91 Å². The molecular formula is C16H15NO2S. The van der Waals surface area contributed by atoms with Crippen LogP contribution in [-0.2, 0) is 6.42 Å². The fourth-order valence-corrected chi connectivity index (χ4v) is 2.82. The van der Waals surface area contributed by atoms with Crippen LogP contribution in [0.3, 0.4) is 0 Å². The largest absolute Gasteiger partial charge is 0.461 e. The van der Waals surface area contributed by atoms with Gasteiger partial charge in [-0.3, -0.25) is 4.79 Å². The molecule has 4 heteroatoms. The highest BCUT2D eigenvalue weighted by Crippen LogP contribution is 2.20. The number of carbonyl (C=O) groups excluding carboxylic acids is 1. The highest BCUT2D eigenvalue weighted by Gasteiger charge is 2.13. The van der Waals surface area contributed by atoms with Gasteiger partial charge in [-0.05, 0) is 30.5 Å². The van der Waals surface area contributed by atoms with Crippen molar-refractivity contribution in [2.45, 2.75) is 19.4 Å². The van der Waals surface area contributed by atoms with Crippen molar-refractivity contribution in [2.24, 2.45) is 0 Å². The minimum absolute atomic E-state index is 0.0244. The zero-order valence-electron chi connectivity index (χ0n) is 11.1. The molecule has 0 saturated heterocycles. The number of thiophene rings is 1. The normalized spacial score (nSPS) is 12.4. The van der Waals surface area contributed by atoms with Crippen molar-refractivity contribution in [3.63, 3.8) is 0 Å². The summed E-state index contributed by atoms with van der Waals surface area (Å²) in [5.74, 6) is 0.869. The summed E-state index contributed by atoms with van der Waals surface area (Å²) in [6.45, 7) is 1.98. The van der Waals surface area contributed by atoms with Crippen LogP contribution in [0.1, 0.15) is 22.4 Å². The Hall–Kier alpha value is -2.07. The van der Waals surface area contributed by atoms with E-state index >= 15 is 0 Å². The molecule has 20 heavy (non-hydrogen) atoms. The number of furan rings is 1. The van der Waals surface area contributed by atoms with Crippen molar-refractivity contribution >= 4 is 28.2 Å². The summed E-state index contributed by atoms with van der Waals surface area (Å²) in [5, 5.41) is 5.98. The summed E-state index contributed by atoms with van der Waals surface area (Å²) in [5.41, 5.74) is 0.888. The lowest BCUT2D eigenvalue weighted by Crippen LogP contribution is -2.33. The quantitative estimate of drug-likeness (QED) is 0.791. The third kappa shape index (κ3) is 2.75. The molecule has 0 spiro atoms. The van der Waals surface area contributed by atoms with E-state index in [0.717, 1.165) is 21.6 Å². The molecule has 1 amide bonds. The Kier molecular flexibility index (Phi) is 3.56. The van der Waals surface area contributed by atoms with Gasteiger partial charge in [-0.2, -0.15) is 0 Å². The molecule has 1 N–H and O–H groups in total. The third-order valence-electron chi connectivity index (χ3n) is 3.11. The van der Waals surface area contributed by atoms with Crippen LogP contribution >= 0.6 is 11.3 Å². The zero-order chi connectivity index (χ0) is 13.9. The lowest BCUT2D eigenvalue weighted by atomic mass is 10.2. The van der Waals surface area contributed by atoms with Gasteiger partial charge in [0.1, 0.15) is 11.3 Å². The number of hydrogen-bond donors (Lipinski definition) is 1. The summed E-state index contributed by atoms with van der Waals surface area (Å²) in [6, 6.07) is 13.7. The molecular weight excluding hydrogens is 270 g/mol. The Balaban J connectivity index is 1.66. The molecule has 3 rings (SSSR count). The molecule has 0 bridgehead atoms. The Morgan fingerprint density at radius 1 is 1.30 bits per heavy atom. The van der Waals surface area contributed by atoms with Crippen LogP contribution in [0.25, 0.3) is 11.0 Å². The Morgan fingerprint density at radius 3 is 2.90 bits per heavy atom. The van der Waals surface area contributed by atoms with Gasteiger partial charge >= 0.3 is 0 Å². The summed E-state index contributed by atoms with van der Waals surface area (Å²) >= 11 is 1.45. The molecule has 3 nitrogen and oxygen atoms in total. The van der Waals surface area contributed by atoms with E-state index in [-0.39, 0.29) is 11.9 Å². The van der Waals surface area contributed by atoms with E-state index in [1.807, 2.05) is 54.8 Å². The SMILES string of the molecule is CC(Cc1cc2ccccc2o1)NC(=O)c1cccs1. The van der Waals surface area contributed by atoms with Crippen LogP contribution in [-0.4, -0.2) is 11.9 Å². The highest BCUT2D eigenvalue weighted by molar-refractivity contribution is 7.12. The minimum Gasteiger partial charge on any atom is -0.461 e. The molecule has 3 aromatic rings. The molecule has 0 radical (unpaired) electrons. The number of fused-ring (bicyclic) bond motifs is 1. The van der Waals surface area contributed by atoms with Crippen molar-refractivity contribution in [2.75, 3.05) is 0 Å². The molecule has 0 aliphatic carbocycles. The fraction of sp³-hybridized carbons (Fsp3) is 0.188. The topological polar surface area (TPSA) is 42.2 Å². The van der Waals surface area contributed by atoms with Crippen LogP contribution in [0.15, 0.2) is 52.3 Å². The van der Waals surface area contributed by atoms with Crippen molar-refractivity contribution < 1.29 is 9.21 Å². The number of benzene rings is 1. The second kappa shape index (κ2) is 5.51. The van der Waals surface area contributed by atoms with Crippen molar-refractivity contribution in [1.29, 1.82) is 0 Å². The first-order valence-electron chi connectivity index (χ1n) is 6.54. The maximum Gasteiger partial charge on any atom is 0.261 e. The first-order valence-corrected chi connectivity index (χ1v) is 7.42. The van der Waals surface area contributed by atoms with Crippen molar-refractivity contribution in [3.05, 3.63) is 58.5 Å². The smallest absolute Gasteiger partial charge is 0.261 e. The second-order valence-corrected chi connectivity index (χ2v) is 5.75. The second-order valence-electron chi connectivity index (χ2n) is 4.81. The van der Waals surface area contributed by atoms with Crippen molar-refractivity contribution in [1.82, 2.24) is 5.32 Å². The van der Waals surface area contributed by atoms with Gasteiger partial charge in [0.15, 0.2) is 0 Å². The number of para-hydroxylation sites is 1. The molecule has 0 saturated carbocycles. The van der Waals surface area contributed by atoms with Crippen LogP contribution in [0.5, 0.6) is 0 Å². The van der Waals surface area contributed by atoms with E-state index in [0.29, 0.717) is 6.42 Å². The summed E-state index contributed by atoms with van der Waals surface area (Å²) in [4.78, 5) is 12.7. The Labute approximate surface area is 121 Å². The van der Waals surface area contributed by atoms with Crippen molar-refractivity contribution in [3.8, 4) is 0 Å². The van der Waals surface area contributed by atoms with Crippen LogP contribution in [0.2, 0.25) is 0 Å². The Bertz CT molecular complexity index is 682. The van der Waals surface area contributed by atoms with E-state index in [2.05, 4.69) is 5.32 Å². The van der Waals surface area contributed by atoms with Gasteiger partial charge in [-0.15, -0.1) is 11.3 Å². The summed E-state index contributed by atoms with van der Waals surface area (Å²) in [7, 11) is 0. The lowest BCUT2D eigenvalue weighted by molar-refractivity contribution is 0.0943. The number of carbonyl (C=O) groups is 1. The standard InChI is InChI=1S/C16H15NO2S/c1-11(17-16(18)15-7-4-8-20-15)9-13-10-12-5-2-3-6-14(12)19-13/h2-8,10-11H,9H2,1H3,(H,17,18). The highest BCUT2D eigenvalue weighted by atomic mass is 32.1. The van der Waals surface area contributed by atoms with E-state index < -0.39 is 0 Å². The number of nitrogens with one attached hydrogen (secondary N) is 1. The van der Waals surface area contributed by atoms with Gasteiger partial charge in [-0.1, -0.05) is 24.3 Å². The molecule has 1 aromatic carbocycles.